The Kier molecular flexibility index (Phi) is 4.47. The predicted molar refractivity (Wildman–Crippen MR) is 90.9 cm³/mol. The lowest BCUT2D eigenvalue weighted by molar-refractivity contribution is 0.0540. The Morgan fingerprint density at radius 2 is 2.09 bits per heavy atom. The van der Waals surface area contributed by atoms with E-state index in [0.29, 0.717) is 0 Å². The van der Waals surface area contributed by atoms with E-state index in [-0.39, 0.29) is 6.10 Å². The molecule has 0 bridgehead atoms. The molecule has 1 N–H and O–H groups in total. The van der Waals surface area contributed by atoms with Gasteiger partial charge < -0.3 is 9.67 Å². The van der Waals surface area contributed by atoms with E-state index < -0.39 is 0 Å². The molecule has 2 aromatic rings. The Morgan fingerprint density at radius 1 is 1.27 bits per heavy atom. The van der Waals surface area contributed by atoms with Crippen molar-refractivity contribution < 1.29 is 5.11 Å². The molecule has 1 aromatic carbocycles. The fraction of sp³-hybridized carbons (Fsp3) is 0.471. The minimum absolute atomic E-state index is 0.204. The van der Waals surface area contributed by atoms with Crippen LogP contribution in [0.3, 0.4) is 0 Å². The molecule has 22 heavy (non-hydrogen) atoms. The summed E-state index contributed by atoms with van der Waals surface area (Å²) in [6.07, 6.45) is 5.81. The van der Waals surface area contributed by atoms with Crippen LogP contribution in [-0.4, -0.2) is 38.3 Å². The van der Waals surface area contributed by atoms with Gasteiger partial charge in [-0.2, -0.15) is 0 Å². The highest BCUT2D eigenvalue weighted by atomic mass is 32.1. The van der Waals surface area contributed by atoms with Crippen molar-refractivity contribution in [2.24, 2.45) is 0 Å². The Morgan fingerprint density at radius 3 is 2.82 bits per heavy atom. The standard InChI is InChI=1S/C17H23N3OS/c1-13-5-6-16(14(2)10-13)20-9-8-19(17(20)22)12-18-7-3-4-15(21)11-18/h5-6,8-10,15,21H,3-4,7,11-12H2,1-2H3/t15-/m1/s1. The van der Waals surface area contributed by atoms with Crippen LogP contribution >= 0.6 is 12.2 Å². The fourth-order valence-electron chi connectivity index (χ4n) is 3.15. The highest BCUT2D eigenvalue weighted by Crippen LogP contribution is 2.18. The maximum Gasteiger partial charge on any atom is 0.185 e. The maximum atomic E-state index is 9.79. The van der Waals surface area contributed by atoms with Gasteiger partial charge in [0.2, 0.25) is 0 Å². The van der Waals surface area contributed by atoms with Crippen molar-refractivity contribution in [3.05, 3.63) is 46.5 Å². The second-order valence-corrected chi connectivity index (χ2v) is 6.59. The summed E-state index contributed by atoms with van der Waals surface area (Å²) in [6, 6.07) is 6.41. The molecule has 118 valence electrons. The van der Waals surface area contributed by atoms with Crippen LogP contribution in [0.1, 0.15) is 24.0 Å². The molecule has 0 spiro atoms. The minimum Gasteiger partial charge on any atom is -0.392 e. The van der Waals surface area contributed by atoms with Crippen LogP contribution in [0, 0.1) is 18.6 Å². The van der Waals surface area contributed by atoms with E-state index in [4.69, 9.17) is 12.2 Å². The van der Waals surface area contributed by atoms with E-state index in [2.05, 4.69) is 46.1 Å². The van der Waals surface area contributed by atoms with Crippen LogP contribution in [0.2, 0.25) is 0 Å². The van der Waals surface area contributed by atoms with E-state index >= 15 is 0 Å². The summed E-state index contributed by atoms with van der Waals surface area (Å²) < 4.78 is 4.93. The Hall–Kier alpha value is -1.43. The van der Waals surface area contributed by atoms with Gasteiger partial charge in [0.05, 0.1) is 18.5 Å². The lowest BCUT2D eigenvalue weighted by atomic mass is 10.1. The topological polar surface area (TPSA) is 33.3 Å². The summed E-state index contributed by atoms with van der Waals surface area (Å²) in [5.41, 5.74) is 3.62. The average Bonchev–Trinajstić information content (AvgIpc) is 2.81. The number of aliphatic hydroxyl groups is 1. The van der Waals surface area contributed by atoms with Gasteiger partial charge in [-0.25, -0.2) is 0 Å². The first-order chi connectivity index (χ1) is 10.5. The van der Waals surface area contributed by atoms with Crippen molar-refractivity contribution in [3.8, 4) is 5.69 Å². The highest BCUT2D eigenvalue weighted by molar-refractivity contribution is 7.71. The van der Waals surface area contributed by atoms with E-state index in [9.17, 15) is 5.11 Å². The number of β-amino-alcohol motifs (C(OH)–C–C–N with tert-alkyl or cyclic N) is 1. The lowest BCUT2D eigenvalue weighted by Crippen LogP contribution is -2.39. The molecular formula is C17H23N3OS. The largest absolute Gasteiger partial charge is 0.392 e. The van der Waals surface area contributed by atoms with Crippen LogP contribution in [0.15, 0.2) is 30.6 Å². The minimum atomic E-state index is -0.204. The number of aromatic nitrogens is 2. The van der Waals surface area contributed by atoms with E-state index in [0.717, 1.165) is 43.1 Å². The monoisotopic (exact) mass is 317 g/mol. The molecule has 1 aliphatic heterocycles. The smallest absolute Gasteiger partial charge is 0.185 e. The zero-order chi connectivity index (χ0) is 15.7. The third-order valence-corrected chi connectivity index (χ3v) is 4.72. The van der Waals surface area contributed by atoms with Crippen molar-refractivity contribution in [3.63, 3.8) is 0 Å². The molecule has 2 heterocycles. The molecule has 1 fully saturated rings. The van der Waals surface area contributed by atoms with Crippen molar-refractivity contribution in [1.82, 2.24) is 14.0 Å². The Bertz CT molecular complexity index is 719. The third kappa shape index (κ3) is 3.16. The summed E-state index contributed by atoms with van der Waals surface area (Å²) in [6.45, 7) is 6.71. The van der Waals surface area contributed by atoms with Crippen LogP contribution in [0.4, 0.5) is 0 Å². The number of hydrogen-bond acceptors (Lipinski definition) is 3. The molecule has 1 aliphatic rings. The number of aryl methyl sites for hydroxylation is 2. The van der Waals surface area contributed by atoms with E-state index in [1.165, 1.54) is 11.1 Å². The molecule has 3 rings (SSSR count). The van der Waals surface area contributed by atoms with Crippen LogP contribution < -0.4 is 0 Å². The first kappa shape index (κ1) is 15.5. The van der Waals surface area contributed by atoms with Gasteiger partial charge in [0.25, 0.3) is 0 Å². The highest BCUT2D eigenvalue weighted by Gasteiger charge is 2.18. The molecule has 1 saturated heterocycles. The van der Waals surface area contributed by atoms with Crippen molar-refractivity contribution in [2.45, 2.75) is 39.5 Å². The number of hydrogen-bond donors (Lipinski definition) is 1. The number of benzene rings is 1. The molecule has 0 saturated carbocycles. The predicted octanol–water partition coefficient (Wildman–Crippen LogP) is 3.04. The molecule has 5 heteroatoms. The molecule has 1 atom stereocenters. The van der Waals surface area contributed by atoms with E-state index in [1.807, 2.05) is 12.4 Å². The normalized spacial score (nSPS) is 19.5. The molecule has 0 amide bonds. The third-order valence-electron chi connectivity index (χ3n) is 4.29. The molecular weight excluding hydrogens is 294 g/mol. The first-order valence-electron chi connectivity index (χ1n) is 7.80. The fourth-order valence-corrected chi connectivity index (χ4v) is 3.43. The zero-order valence-corrected chi connectivity index (χ0v) is 14.0. The number of likely N-dealkylation sites (tertiary alicyclic amines) is 1. The maximum absolute atomic E-state index is 9.79. The molecule has 1 aromatic heterocycles. The van der Waals surface area contributed by atoms with Gasteiger partial charge in [-0.3, -0.25) is 9.47 Å². The number of rotatable bonds is 3. The second kappa shape index (κ2) is 6.36. The molecule has 0 unspecified atom stereocenters. The zero-order valence-electron chi connectivity index (χ0n) is 13.2. The van der Waals surface area contributed by atoms with Gasteiger partial charge in [0.1, 0.15) is 0 Å². The van der Waals surface area contributed by atoms with Gasteiger partial charge in [-0.15, -0.1) is 0 Å². The van der Waals surface area contributed by atoms with Crippen LogP contribution in [0.25, 0.3) is 5.69 Å². The summed E-state index contributed by atoms with van der Waals surface area (Å²) in [4.78, 5) is 2.26. The van der Waals surface area contributed by atoms with Gasteiger partial charge in [0, 0.05) is 25.5 Å². The molecule has 4 nitrogen and oxygen atoms in total. The van der Waals surface area contributed by atoms with Gasteiger partial charge in [-0.1, -0.05) is 17.7 Å². The number of nitrogens with zero attached hydrogens (tertiary/aromatic N) is 3. The quantitative estimate of drug-likeness (QED) is 0.884. The van der Waals surface area contributed by atoms with Gasteiger partial charge >= 0.3 is 0 Å². The SMILES string of the molecule is Cc1ccc(-n2ccn(CN3CCC[C@@H](O)C3)c2=S)c(C)c1. The molecule has 0 radical (unpaired) electrons. The number of piperidine rings is 1. The molecule has 0 aliphatic carbocycles. The average molecular weight is 317 g/mol. The number of aliphatic hydroxyl groups excluding tert-OH is 1. The van der Waals surface area contributed by atoms with Crippen molar-refractivity contribution in [1.29, 1.82) is 0 Å². The summed E-state index contributed by atoms with van der Waals surface area (Å²) >= 11 is 5.63. The van der Waals surface area contributed by atoms with Gasteiger partial charge in [-0.05, 0) is 50.5 Å². The van der Waals surface area contributed by atoms with Crippen molar-refractivity contribution in [2.75, 3.05) is 13.1 Å². The second-order valence-electron chi connectivity index (χ2n) is 6.22. The Balaban J connectivity index is 1.84. The first-order valence-corrected chi connectivity index (χ1v) is 8.21. The van der Waals surface area contributed by atoms with E-state index in [1.54, 1.807) is 0 Å². The Labute approximate surface area is 136 Å². The van der Waals surface area contributed by atoms with Gasteiger partial charge in [0.15, 0.2) is 4.77 Å². The number of imidazole rings is 1. The lowest BCUT2D eigenvalue weighted by Gasteiger charge is -2.30. The van der Waals surface area contributed by atoms with Crippen LogP contribution in [-0.2, 0) is 6.67 Å². The van der Waals surface area contributed by atoms with Crippen LogP contribution in [0.5, 0.6) is 0 Å². The summed E-state index contributed by atoms with van der Waals surface area (Å²) in [5, 5.41) is 9.79. The summed E-state index contributed by atoms with van der Waals surface area (Å²) in [7, 11) is 0. The summed E-state index contributed by atoms with van der Waals surface area (Å²) in [5.74, 6) is 0. The van der Waals surface area contributed by atoms with Crippen molar-refractivity contribution >= 4 is 12.2 Å².